The highest BCUT2D eigenvalue weighted by molar-refractivity contribution is 7.92. The minimum Gasteiger partial charge on any atom is -0.354 e. The molecule has 2 aromatic carbocycles. The first-order valence-electron chi connectivity index (χ1n) is 11.8. The Morgan fingerprint density at radius 2 is 1.80 bits per heavy atom. The molecule has 1 atom stereocenters. The van der Waals surface area contributed by atoms with Crippen molar-refractivity contribution in [2.45, 2.75) is 59.5 Å². The van der Waals surface area contributed by atoms with Gasteiger partial charge in [0.05, 0.1) is 11.9 Å². The van der Waals surface area contributed by atoms with Crippen molar-refractivity contribution in [3.63, 3.8) is 0 Å². The Kier molecular flexibility index (Phi) is 10.6. The van der Waals surface area contributed by atoms with Gasteiger partial charge in [-0.15, -0.1) is 0 Å². The predicted octanol–water partition coefficient (Wildman–Crippen LogP) is 4.45. The van der Waals surface area contributed by atoms with Crippen LogP contribution in [0.3, 0.4) is 0 Å². The summed E-state index contributed by atoms with van der Waals surface area (Å²) in [6.45, 7) is 8.40. The first-order chi connectivity index (χ1) is 16.5. The molecule has 0 spiro atoms. The lowest BCUT2D eigenvalue weighted by Crippen LogP contribution is -2.47. The molecule has 0 aliphatic carbocycles. The highest BCUT2D eigenvalue weighted by Crippen LogP contribution is 2.25. The normalized spacial score (nSPS) is 12.2. The summed E-state index contributed by atoms with van der Waals surface area (Å²) < 4.78 is 26.4. The van der Waals surface area contributed by atoms with Crippen LogP contribution in [0.4, 0.5) is 5.69 Å². The van der Waals surface area contributed by atoms with Crippen molar-refractivity contribution < 1.29 is 18.0 Å². The molecule has 2 aromatic rings. The van der Waals surface area contributed by atoms with E-state index in [1.807, 2.05) is 39.0 Å². The molecular formula is C26H36ClN3O4S. The van der Waals surface area contributed by atoms with E-state index >= 15 is 0 Å². The fourth-order valence-corrected chi connectivity index (χ4v) is 5.03. The monoisotopic (exact) mass is 521 g/mol. The van der Waals surface area contributed by atoms with Crippen LogP contribution in [0, 0.1) is 13.8 Å². The van der Waals surface area contributed by atoms with Gasteiger partial charge in [0, 0.05) is 31.1 Å². The molecule has 1 N–H and O–H groups in total. The van der Waals surface area contributed by atoms with Gasteiger partial charge in [0.1, 0.15) is 6.04 Å². The fourth-order valence-electron chi connectivity index (χ4n) is 3.80. The van der Waals surface area contributed by atoms with Gasteiger partial charge in [-0.3, -0.25) is 13.9 Å². The van der Waals surface area contributed by atoms with Crippen LogP contribution in [-0.4, -0.2) is 50.5 Å². The number of carbonyl (C=O) groups is 2. The molecular weight excluding hydrogens is 486 g/mol. The summed E-state index contributed by atoms with van der Waals surface area (Å²) in [5, 5.41) is 3.40. The number of hydrogen-bond acceptors (Lipinski definition) is 4. The van der Waals surface area contributed by atoms with Crippen molar-refractivity contribution >= 4 is 39.1 Å². The maximum Gasteiger partial charge on any atom is 0.242 e. The second-order valence-corrected chi connectivity index (χ2v) is 11.1. The smallest absolute Gasteiger partial charge is 0.242 e. The summed E-state index contributed by atoms with van der Waals surface area (Å²) in [5.74, 6) is -0.450. The minimum absolute atomic E-state index is 0.100. The Morgan fingerprint density at radius 1 is 1.11 bits per heavy atom. The number of halogens is 1. The van der Waals surface area contributed by atoms with Gasteiger partial charge in [-0.2, -0.15) is 0 Å². The van der Waals surface area contributed by atoms with Gasteiger partial charge in [0.25, 0.3) is 0 Å². The molecule has 2 rings (SSSR count). The van der Waals surface area contributed by atoms with E-state index in [9.17, 15) is 18.0 Å². The van der Waals surface area contributed by atoms with Crippen LogP contribution in [0.2, 0.25) is 5.02 Å². The fraction of sp³-hybridized carbons (Fsp3) is 0.462. The van der Waals surface area contributed by atoms with Crippen LogP contribution in [-0.2, 0) is 26.2 Å². The molecule has 0 bridgehead atoms. The van der Waals surface area contributed by atoms with E-state index in [1.54, 1.807) is 31.2 Å². The van der Waals surface area contributed by atoms with Gasteiger partial charge in [-0.25, -0.2) is 8.42 Å². The average molecular weight is 522 g/mol. The number of benzene rings is 2. The van der Waals surface area contributed by atoms with Gasteiger partial charge in [0.2, 0.25) is 21.8 Å². The van der Waals surface area contributed by atoms with Crippen molar-refractivity contribution in [2.24, 2.45) is 0 Å². The Hall–Kier alpha value is -2.58. The number of anilines is 1. The van der Waals surface area contributed by atoms with Crippen LogP contribution >= 0.6 is 11.6 Å². The van der Waals surface area contributed by atoms with Crippen molar-refractivity contribution in [3.05, 3.63) is 64.2 Å². The van der Waals surface area contributed by atoms with Crippen molar-refractivity contribution in [2.75, 3.05) is 23.7 Å². The Balaban J connectivity index is 2.19. The van der Waals surface area contributed by atoms with E-state index in [0.717, 1.165) is 23.1 Å². The molecule has 0 fully saturated rings. The number of nitrogens with zero attached hydrogens (tertiary/aromatic N) is 2. The molecule has 0 aromatic heterocycles. The van der Waals surface area contributed by atoms with E-state index in [4.69, 9.17) is 11.6 Å². The van der Waals surface area contributed by atoms with E-state index in [2.05, 4.69) is 5.32 Å². The van der Waals surface area contributed by atoms with E-state index in [-0.39, 0.29) is 31.3 Å². The Labute approximate surface area is 214 Å². The number of hydrogen-bond donors (Lipinski definition) is 1. The summed E-state index contributed by atoms with van der Waals surface area (Å²) in [5.41, 5.74) is 3.30. The van der Waals surface area contributed by atoms with Gasteiger partial charge >= 0.3 is 0 Å². The van der Waals surface area contributed by atoms with E-state index in [0.29, 0.717) is 23.7 Å². The molecule has 0 saturated carbocycles. The minimum atomic E-state index is -3.54. The van der Waals surface area contributed by atoms with Crippen LogP contribution in [0.1, 0.15) is 49.8 Å². The summed E-state index contributed by atoms with van der Waals surface area (Å²) in [6.07, 6.45) is 2.38. The van der Waals surface area contributed by atoms with Crippen molar-refractivity contribution in [1.29, 1.82) is 0 Å². The van der Waals surface area contributed by atoms with Crippen LogP contribution in [0.15, 0.2) is 42.5 Å². The lowest BCUT2D eigenvalue weighted by atomic mass is 10.1. The maximum absolute atomic E-state index is 13.3. The third-order valence-corrected chi connectivity index (χ3v) is 7.37. The lowest BCUT2D eigenvalue weighted by Gasteiger charge is -2.29. The standard InChI is InChI=1S/C26H36ClN3O4S/c1-6-15-28-26(32)21(4)29(18-22-11-8-12-23(27)17-22)25(31)14-9-16-30(35(5,33)34)24-13-7-10-19(2)20(24)3/h7-8,10-13,17,21H,6,9,14-16,18H2,1-5H3,(H,28,32)/t21-/m1/s1. The number of amides is 2. The summed E-state index contributed by atoms with van der Waals surface area (Å²) in [6, 6.07) is 12.0. The zero-order chi connectivity index (χ0) is 26.2. The SMILES string of the molecule is CCCNC(=O)[C@@H](C)N(Cc1cccc(Cl)c1)C(=O)CCCN(c1cccc(C)c1C)S(C)(=O)=O. The second kappa shape index (κ2) is 12.9. The molecule has 0 aliphatic rings. The number of nitrogens with one attached hydrogen (secondary N) is 1. The quantitative estimate of drug-likeness (QED) is 0.447. The highest BCUT2D eigenvalue weighted by atomic mass is 35.5. The van der Waals surface area contributed by atoms with Crippen molar-refractivity contribution in [3.8, 4) is 0 Å². The summed E-state index contributed by atoms with van der Waals surface area (Å²) in [7, 11) is -3.54. The molecule has 35 heavy (non-hydrogen) atoms. The van der Waals surface area contributed by atoms with Crippen LogP contribution < -0.4 is 9.62 Å². The number of sulfonamides is 1. The number of aryl methyl sites for hydroxylation is 1. The highest BCUT2D eigenvalue weighted by Gasteiger charge is 2.27. The average Bonchev–Trinajstić information content (AvgIpc) is 2.79. The molecule has 0 aliphatic heterocycles. The second-order valence-electron chi connectivity index (χ2n) is 8.78. The van der Waals surface area contributed by atoms with Crippen LogP contribution in [0.5, 0.6) is 0 Å². The summed E-state index contributed by atoms with van der Waals surface area (Å²) in [4.78, 5) is 27.5. The first kappa shape index (κ1) is 28.7. The van der Waals surface area contributed by atoms with Gasteiger partial charge in [0.15, 0.2) is 0 Å². The van der Waals surface area contributed by atoms with Crippen LogP contribution in [0.25, 0.3) is 0 Å². The van der Waals surface area contributed by atoms with E-state index < -0.39 is 16.1 Å². The molecule has 0 radical (unpaired) electrons. The zero-order valence-corrected chi connectivity index (χ0v) is 22.7. The van der Waals surface area contributed by atoms with Gasteiger partial charge in [-0.1, -0.05) is 42.8 Å². The molecule has 2 amide bonds. The Bertz CT molecular complexity index is 1140. The van der Waals surface area contributed by atoms with Gasteiger partial charge in [-0.05, 0) is 68.5 Å². The van der Waals surface area contributed by atoms with Crippen molar-refractivity contribution in [1.82, 2.24) is 10.2 Å². The van der Waals surface area contributed by atoms with E-state index in [1.165, 1.54) is 15.5 Å². The largest absolute Gasteiger partial charge is 0.354 e. The molecule has 192 valence electrons. The maximum atomic E-state index is 13.3. The lowest BCUT2D eigenvalue weighted by molar-refractivity contribution is -0.140. The zero-order valence-electron chi connectivity index (χ0n) is 21.2. The topological polar surface area (TPSA) is 86.8 Å². The third kappa shape index (κ3) is 8.25. The number of carbonyl (C=O) groups excluding carboxylic acids is 2. The first-order valence-corrected chi connectivity index (χ1v) is 14.0. The van der Waals surface area contributed by atoms with Gasteiger partial charge < -0.3 is 10.2 Å². The molecule has 0 heterocycles. The molecule has 7 nitrogen and oxygen atoms in total. The predicted molar refractivity (Wildman–Crippen MR) is 142 cm³/mol. The molecule has 0 saturated heterocycles. The number of rotatable bonds is 12. The molecule has 0 unspecified atom stereocenters. The third-order valence-electron chi connectivity index (χ3n) is 5.96. The Morgan fingerprint density at radius 3 is 2.43 bits per heavy atom. The molecule has 9 heteroatoms. The summed E-state index contributed by atoms with van der Waals surface area (Å²) >= 11 is 6.12.